The number of rotatable bonds is 13. The first-order valence-corrected chi connectivity index (χ1v) is 14.7. The van der Waals surface area contributed by atoms with Crippen LogP contribution in [0.2, 0.25) is 5.02 Å². The SMILES string of the molecule is CCCCCN(C)c1ccc(Cn2c(C)nc3ccc(C(=O)NS(=O)(=O)CCCCC)cc32)c(Cl)c1. The van der Waals surface area contributed by atoms with Gasteiger partial charge in [-0.15, -0.1) is 0 Å². The number of amides is 1. The number of carbonyl (C=O) groups is 1. The molecule has 196 valence electrons. The summed E-state index contributed by atoms with van der Waals surface area (Å²) in [5.41, 5.74) is 3.78. The van der Waals surface area contributed by atoms with E-state index in [0.29, 0.717) is 18.0 Å². The predicted molar refractivity (Wildman–Crippen MR) is 149 cm³/mol. The van der Waals surface area contributed by atoms with E-state index in [1.807, 2.05) is 30.5 Å². The van der Waals surface area contributed by atoms with Crippen molar-refractivity contribution in [2.45, 2.75) is 65.8 Å². The first-order valence-electron chi connectivity index (χ1n) is 12.7. The summed E-state index contributed by atoms with van der Waals surface area (Å²) < 4.78 is 28.8. The van der Waals surface area contributed by atoms with Crippen LogP contribution in [0, 0.1) is 6.92 Å². The number of hydrogen-bond acceptors (Lipinski definition) is 5. The Bertz CT molecular complexity index is 1300. The number of nitrogens with zero attached hydrogens (tertiary/aromatic N) is 3. The molecule has 0 fully saturated rings. The standard InChI is InChI=1S/C27H37ClN4O3S/c1-5-7-9-15-31(4)23-13-11-22(24(28)18-23)19-32-20(3)29-25-14-12-21(17-26(25)32)27(33)30-36(34,35)16-10-8-6-2/h11-14,17-18H,5-10,15-16,19H2,1-4H3,(H,30,33). The van der Waals surface area contributed by atoms with Gasteiger partial charge in [0.1, 0.15) is 5.82 Å². The van der Waals surface area contributed by atoms with E-state index >= 15 is 0 Å². The van der Waals surface area contributed by atoms with Gasteiger partial charge in [-0.25, -0.2) is 18.1 Å². The van der Waals surface area contributed by atoms with Gasteiger partial charge in [0.15, 0.2) is 0 Å². The smallest absolute Gasteiger partial charge is 0.264 e. The number of hydrogen-bond donors (Lipinski definition) is 1. The molecule has 0 radical (unpaired) electrons. The van der Waals surface area contributed by atoms with Crippen LogP contribution in [0.25, 0.3) is 11.0 Å². The Hall–Kier alpha value is -2.58. The fourth-order valence-electron chi connectivity index (χ4n) is 4.18. The molecule has 36 heavy (non-hydrogen) atoms. The molecule has 2 aromatic carbocycles. The number of benzene rings is 2. The third-order valence-corrected chi connectivity index (χ3v) is 8.04. The molecule has 0 atom stereocenters. The Morgan fingerprint density at radius 1 is 1.06 bits per heavy atom. The number of imidazole rings is 1. The van der Waals surface area contributed by atoms with Crippen molar-refractivity contribution in [1.82, 2.24) is 14.3 Å². The van der Waals surface area contributed by atoms with Crippen LogP contribution in [0.3, 0.4) is 0 Å². The van der Waals surface area contributed by atoms with Gasteiger partial charge in [0, 0.05) is 29.9 Å². The predicted octanol–water partition coefficient (Wildman–Crippen LogP) is 5.92. The van der Waals surface area contributed by atoms with E-state index in [-0.39, 0.29) is 11.3 Å². The van der Waals surface area contributed by atoms with Gasteiger partial charge >= 0.3 is 0 Å². The van der Waals surface area contributed by atoms with Crippen molar-refractivity contribution in [3.05, 3.63) is 58.4 Å². The maximum absolute atomic E-state index is 12.7. The summed E-state index contributed by atoms with van der Waals surface area (Å²) in [4.78, 5) is 19.5. The number of fused-ring (bicyclic) bond motifs is 1. The normalized spacial score (nSPS) is 11.7. The van der Waals surface area contributed by atoms with Crippen LogP contribution in [-0.2, 0) is 16.6 Å². The molecular formula is C27H37ClN4O3S. The highest BCUT2D eigenvalue weighted by molar-refractivity contribution is 7.90. The molecule has 1 aromatic heterocycles. The average Bonchev–Trinajstić information content (AvgIpc) is 3.14. The van der Waals surface area contributed by atoms with E-state index < -0.39 is 15.9 Å². The lowest BCUT2D eigenvalue weighted by atomic mass is 10.1. The first kappa shape index (κ1) is 28.0. The van der Waals surface area contributed by atoms with Crippen molar-refractivity contribution in [3.8, 4) is 0 Å². The number of nitrogens with one attached hydrogen (secondary N) is 1. The highest BCUT2D eigenvalue weighted by atomic mass is 35.5. The second-order valence-electron chi connectivity index (χ2n) is 9.31. The van der Waals surface area contributed by atoms with Crippen molar-refractivity contribution in [2.24, 2.45) is 0 Å². The summed E-state index contributed by atoms with van der Waals surface area (Å²) in [7, 11) is -1.60. The Morgan fingerprint density at radius 2 is 1.78 bits per heavy atom. The lowest BCUT2D eigenvalue weighted by Gasteiger charge is -2.20. The Kier molecular flexibility index (Phi) is 9.79. The van der Waals surface area contributed by atoms with E-state index in [4.69, 9.17) is 11.6 Å². The molecule has 1 amide bonds. The number of anilines is 1. The van der Waals surface area contributed by atoms with Crippen LogP contribution in [-0.4, -0.2) is 43.2 Å². The van der Waals surface area contributed by atoms with Crippen molar-refractivity contribution < 1.29 is 13.2 Å². The Morgan fingerprint density at radius 3 is 2.47 bits per heavy atom. The van der Waals surface area contributed by atoms with Gasteiger partial charge in [-0.2, -0.15) is 0 Å². The second kappa shape index (κ2) is 12.6. The fourth-order valence-corrected chi connectivity index (χ4v) is 5.50. The third kappa shape index (κ3) is 7.23. The summed E-state index contributed by atoms with van der Waals surface area (Å²) in [6, 6.07) is 11.1. The molecule has 0 aliphatic carbocycles. The molecule has 0 spiro atoms. The number of aromatic nitrogens is 2. The average molecular weight is 533 g/mol. The summed E-state index contributed by atoms with van der Waals surface area (Å²) in [5, 5.41) is 0.670. The molecule has 1 N–H and O–H groups in total. The van der Waals surface area contributed by atoms with Crippen molar-refractivity contribution in [3.63, 3.8) is 0 Å². The summed E-state index contributed by atoms with van der Waals surface area (Å²) in [5.74, 6) is 0.0904. The third-order valence-electron chi connectivity index (χ3n) is 6.37. The van der Waals surface area contributed by atoms with Crippen LogP contribution < -0.4 is 9.62 Å². The highest BCUT2D eigenvalue weighted by Gasteiger charge is 2.18. The fraction of sp³-hybridized carbons (Fsp3) is 0.481. The molecule has 9 heteroatoms. The first-order chi connectivity index (χ1) is 17.1. The minimum Gasteiger partial charge on any atom is -0.375 e. The monoisotopic (exact) mass is 532 g/mol. The van der Waals surface area contributed by atoms with E-state index in [0.717, 1.165) is 53.9 Å². The number of halogens is 1. The lowest BCUT2D eigenvalue weighted by Crippen LogP contribution is -2.32. The summed E-state index contributed by atoms with van der Waals surface area (Å²) in [6.07, 6.45) is 5.77. The van der Waals surface area contributed by atoms with Crippen LogP contribution >= 0.6 is 11.6 Å². The quantitative estimate of drug-likeness (QED) is 0.276. The molecule has 0 aliphatic heterocycles. The Labute approximate surface area is 219 Å². The molecule has 0 unspecified atom stereocenters. The van der Waals surface area contributed by atoms with E-state index in [1.54, 1.807) is 18.2 Å². The zero-order chi connectivity index (χ0) is 26.3. The topological polar surface area (TPSA) is 84.3 Å². The maximum Gasteiger partial charge on any atom is 0.264 e. The lowest BCUT2D eigenvalue weighted by molar-refractivity contribution is 0.0981. The summed E-state index contributed by atoms with van der Waals surface area (Å²) >= 11 is 6.67. The molecule has 7 nitrogen and oxygen atoms in total. The molecule has 0 aliphatic rings. The van der Waals surface area contributed by atoms with Crippen molar-refractivity contribution in [2.75, 3.05) is 24.2 Å². The highest BCUT2D eigenvalue weighted by Crippen LogP contribution is 2.26. The van der Waals surface area contributed by atoms with Crippen LogP contribution in [0.4, 0.5) is 5.69 Å². The number of sulfonamides is 1. The summed E-state index contributed by atoms with van der Waals surface area (Å²) in [6.45, 7) is 7.57. The van der Waals surface area contributed by atoms with Gasteiger partial charge < -0.3 is 9.47 Å². The van der Waals surface area contributed by atoms with Gasteiger partial charge in [-0.3, -0.25) is 4.79 Å². The Balaban J connectivity index is 1.80. The zero-order valence-corrected chi connectivity index (χ0v) is 23.3. The van der Waals surface area contributed by atoms with Gasteiger partial charge in [-0.05, 0) is 55.7 Å². The maximum atomic E-state index is 12.7. The van der Waals surface area contributed by atoms with Gasteiger partial charge in [0.2, 0.25) is 10.0 Å². The molecule has 3 rings (SSSR count). The van der Waals surface area contributed by atoms with E-state index in [2.05, 4.69) is 34.6 Å². The van der Waals surface area contributed by atoms with E-state index in [1.165, 1.54) is 12.8 Å². The number of unbranched alkanes of at least 4 members (excludes halogenated alkanes) is 4. The van der Waals surface area contributed by atoms with Crippen molar-refractivity contribution >= 4 is 44.3 Å². The van der Waals surface area contributed by atoms with Crippen LogP contribution in [0.5, 0.6) is 0 Å². The van der Waals surface area contributed by atoms with Crippen LogP contribution in [0.1, 0.15) is 74.1 Å². The molecule has 0 bridgehead atoms. The van der Waals surface area contributed by atoms with Gasteiger partial charge in [0.05, 0.1) is 23.3 Å². The zero-order valence-electron chi connectivity index (χ0n) is 21.7. The van der Waals surface area contributed by atoms with Gasteiger partial charge in [-0.1, -0.05) is 57.2 Å². The number of aryl methyl sites for hydroxylation is 1. The number of carbonyl (C=O) groups excluding carboxylic acids is 1. The van der Waals surface area contributed by atoms with Gasteiger partial charge in [0.25, 0.3) is 5.91 Å². The minimum absolute atomic E-state index is 0.0614. The molecule has 0 saturated carbocycles. The molecule has 1 heterocycles. The van der Waals surface area contributed by atoms with Crippen LogP contribution in [0.15, 0.2) is 36.4 Å². The largest absolute Gasteiger partial charge is 0.375 e. The minimum atomic E-state index is -3.68. The second-order valence-corrected chi connectivity index (χ2v) is 11.6. The molecule has 3 aromatic rings. The molecule has 0 saturated heterocycles. The van der Waals surface area contributed by atoms with E-state index in [9.17, 15) is 13.2 Å². The molecular weight excluding hydrogens is 496 g/mol. The van der Waals surface area contributed by atoms with Crippen molar-refractivity contribution in [1.29, 1.82) is 0 Å².